The lowest BCUT2D eigenvalue weighted by molar-refractivity contribution is -0.120. The second-order valence-electron chi connectivity index (χ2n) is 5.92. The largest absolute Gasteiger partial charge is 0.492 e. The Morgan fingerprint density at radius 3 is 2.54 bits per heavy atom. The third kappa shape index (κ3) is 6.80. The van der Waals surface area contributed by atoms with E-state index in [1.807, 2.05) is 62.4 Å². The van der Waals surface area contributed by atoms with Gasteiger partial charge in [0.2, 0.25) is 11.8 Å². The van der Waals surface area contributed by atoms with Gasteiger partial charge < -0.3 is 15.4 Å². The lowest BCUT2D eigenvalue weighted by Crippen LogP contribution is -2.33. The van der Waals surface area contributed by atoms with Crippen LogP contribution in [-0.4, -0.2) is 30.2 Å². The number of benzene rings is 2. The minimum atomic E-state index is -0.222. The fraction of sp³-hybridized carbons (Fsp3) is 0.300. The Hall–Kier alpha value is -2.47. The highest BCUT2D eigenvalue weighted by atomic mass is 32.2. The summed E-state index contributed by atoms with van der Waals surface area (Å²) < 4.78 is 5.62. The first kappa shape index (κ1) is 19.8. The molecule has 6 heteroatoms. The van der Waals surface area contributed by atoms with Crippen LogP contribution >= 0.6 is 11.8 Å². The first-order chi connectivity index (χ1) is 12.4. The second-order valence-corrected chi connectivity index (χ2v) is 7.34. The van der Waals surface area contributed by atoms with E-state index in [2.05, 4.69) is 10.6 Å². The summed E-state index contributed by atoms with van der Waals surface area (Å²) in [5.74, 6) is 0.667. The molecule has 2 N–H and O–H groups in total. The number of anilines is 1. The summed E-state index contributed by atoms with van der Waals surface area (Å²) in [6.07, 6.45) is 0. The maximum absolute atomic E-state index is 12.2. The number of carbonyl (C=O) groups excluding carboxylic acids is 2. The van der Waals surface area contributed by atoms with Crippen LogP contribution in [0.25, 0.3) is 0 Å². The second kappa shape index (κ2) is 9.87. The van der Waals surface area contributed by atoms with Gasteiger partial charge in [0.25, 0.3) is 0 Å². The number of ether oxygens (including phenoxy) is 1. The number of thioether (sulfide) groups is 1. The van der Waals surface area contributed by atoms with Crippen LogP contribution in [0.1, 0.15) is 19.4 Å². The van der Waals surface area contributed by atoms with Gasteiger partial charge in [0.1, 0.15) is 12.4 Å². The molecule has 26 heavy (non-hydrogen) atoms. The maximum Gasteiger partial charge on any atom is 0.233 e. The van der Waals surface area contributed by atoms with E-state index in [0.717, 1.165) is 21.9 Å². The van der Waals surface area contributed by atoms with Crippen molar-refractivity contribution in [2.45, 2.75) is 30.9 Å². The molecule has 0 aliphatic carbocycles. The molecule has 0 saturated carbocycles. The number of amides is 2. The van der Waals surface area contributed by atoms with Crippen molar-refractivity contribution in [1.29, 1.82) is 0 Å². The van der Waals surface area contributed by atoms with Gasteiger partial charge in [-0.3, -0.25) is 9.59 Å². The molecule has 0 saturated heterocycles. The van der Waals surface area contributed by atoms with Crippen molar-refractivity contribution in [1.82, 2.24) is 5.32 Å². The van der Waals surface area contributed by atoms with Crippen LogP contribution in [0.4, 0.5) is 5.69 Å². The molecule has 2 aromatic rings. The Labute approximate surface area is 158 Å². The van der Waals surface area contributed by atoms with Crippen LogP contribution in [0, 0.1) is 6.92 Å². The van der Waals surface area contributed by atoms with Gasteiger partial charge in [-0.05, 0) is 55.8 Å². The van der Waals surface area contributed by atoms with Crippen molar-refractivity contribution in [3.05, 3.63) is 54.1 Å². The summed E-state index contributed by atoms with van der Waals surface area (Å²) in [4.78, 5) is 24.2. The molecule has 0 fully saturated rings. The summed E-state index contributed by atoms with van der Waals surface area (Å²) in [6, 6.07) is 15.2. The summed E-state index contributed by atoms with van der Waals surface area (Å²) in [7, 11) is 0. The number of rotatable bonds is 8. The minimum Gasteiger partial charge on any atom is -0.492 e. The first-order valence-corrected chi connectivity index (χ1v) is 9.33. The first-order valence-electron chi connectivity index (χ1n) is 8.45. The third-order valence-electron chi connectivity index (χ3n) is 3.52. The van der Waals surface area contributed by atoms with E-state index in [1.165, 1.54) is 18.7 Å². The number of nitrogens with one attached hydrogen (secondary N) is 2. The molecule has 0 aliphatic rings. The van der Waals surface area contributed by atoms with Gasteiger partial charge >= 0.3 is 0 Å². The van der Waals surface area contributed by atoms with Gasteiger partial charge in [0.15, 0.2) is 0 Å². The van der Waals surface area contributed by atoms with Gasteiger partial charge in [-0.15, -0.1) is 11.8 Å². The molecule has 0 aliphatic heterocycles. The molecule has 0 aromatic heterocycles. The highest BCUT2D eigenvalue weighted by Gasteiger charge is 2.13. The minimum absolute atomic E-state index is 0.0335. The summed E-state index contributed by atoms with van der Waals surface area (Å²) >= 11 is 1.47. The van der Waals surface area contributed by atoms with Crippen molar-refractivity contribution >= 4 is 29.3 Å². The number of aryl methyl sites for hydroxylation is 1. The van der Waals surface area contributed by atoms with E-state index in [4.69, 9.17) is 4.74 Å². The molecule has 0 radical (unpaired) electrons. The van der Waals surface area contributed by atoms with E-state index in [0.29, 0.717) is 13.2 Å². The Morgan fingerprint density at radius 2 is 1.88 bits per heavy atom. The molecule has 2 aromatic carbocycles. The zero-order valence-corrected chi connectivity index (χ0v) is 16.1. The van der Waals surface area contributed by atoms with E-state index in [9.17, 15) is 9.59 Å². The Morgan fingerprint density at radius 1 is 1.15 bits per heavy atom. The van der Waals surface area contributed by atoms with Crippen molar-refractivity contribution in [3.63, 3.8) is 0 Å². The zero-order valence-electron chi connectivity index (χ0n) is 15.2. The molecule has 0 spiro atoms. The molecule has 0 heterocycles. The van der Waals surface area contributed by atoms with Gasteiger partial charge in [-0.1, -0.05) is 12.1 Å². The lowest BCUT2D eigenvalue weighted by atomic mass is 10.2. The Bertz CT molecular complexity index is 747. The summed E-state index contributed by atoms with van der Waals surface area (Å²) in [6.45, 7) is 6.23. The van der Waals surface area contributed by atoms with Crippen LogP contribution in [0.15, 0.2) is 53.4 Å². The third-order valence-corrected chi connectivity index (χ3v) is 4.63. The van der Waals surface area contributed by atoms with Crippen LogP contribution in [0.3, 0.4) is 0 Å². The lowest BCUT2D eigenvalue weighted by Gasteiger charge is -2.13. The molecular formula is C20H24N2O3S. The smallest absolute Gasteiger partial charge is 0.233 e. The van der Waals surface area contributed by atoms with Gasteiger partial charge in [-0.2, -0.15) is 0 Å². The monoisotopic (exact) mass is 372 g/mol. The van der Waals surface area contributed by atoms with E-state index < -0.39 is 0 Å². The average Bonchev–Trinajstić information content (AvgIpc) is 2.60. The van der Waals surface area contributed by atoms with E-state index >= 15 is 0 Å². The highest BCUT2D eigenvalue weighted by molar-refractivity contribution is 8.00. The van der Waals surface area contributed by atoms with E-state index in [1.54, 1.807) is 0 Å². The fourth-order valence-corrected chi connectivity index (χ4v) is 3.16. The van der Waals surface area contributed by atoms with Crippen LogP contribution in [-0.2, 0) is 9.59 Å². The highest BCUT2D eigenvalue weighted by Crippen LogP contribution is 2.24. The molecule has 2 amide bonds. The predicted octanol–water partition coefficient (Wildman–Crippen LogP) is 3.63. The number of hydrogen-bond donors (Lipinski definition) is 2. The predicted molar refractivity (Wildman–Crippen MR) is 106 cm³/mol. The standard InChI is InChI=1S/C20H24N2O3S/c1-14-5-4-6-18(13-14)25-12-11-21-20(24)15(2)26-19-9-7-17(8-10-19)22-16(3)23/h4-10,13,15H,11-12H2,1-3H3,(H,21,24)(H,22,23). The van der Waals surface area contributed by atoms with Gasteiger partial charge in [0.05, 0.1) is 11.8 Å². The van der Waals surface area contributed by atoms with Crippen molar-refractivity contribution in [2.24, 2.45) is 0 Å². The number of hydrogen-bond acceptors (Lipinski definition) is 4. The molecular weight excluding hydrogens is 348 g/mol. The zero-order chi connectivity index (χ0) is 18.9. The van der Waals surface area contributed by atoms with Crippen LogP contribution in [0.2, 0.25) is 0 Å². The van der Waals surface area contributed by atoms with Crippen molar-refractivity contribution in [3.8, 4) is 5.75 Å². The van der Waals surface area contributed by atoms with Crippen molar-refractivity contribution in [2.75, 3.05) is 18.5 Å². The molecule has 1 atom stereocenters. The van der Waals surface area contributed by atoms with Crippen LogP contribution < -0.4 is 15.4 Å². The quantitative estimate of drug-likeness (QED) is 0.548. The molecule has 0 bridgehead atoms. The SMILES string of the molecule is CC(=O)Nc1ccc(SC(C)C(=O)NCCOc2cccc(C)c2)cc1. The summed E-state index contributed by atoms with van der Waals surface area (Å²) in [5.41, 5.74) is 1.88. The topological polar surface area (TPSA) is 67.4 Å². The Balaban J connectivity index is 1.72. The average molecular weight is 372 g/mol. The van der Waals surface area contributed by atoms with Crippen LogP contribution in [0.5, 0.6) is 5.75 Å². The molecule has 2 rings (SSSR count). The molecule has 1 unspecified atom stereocenters. The summed E-state index contributed by atoms with van der Waals surface area (Å²) in [5, 5.41) is 5.38. The number of carbonyl (C=O) groups is 2. The normalized spacial score (nSPS) is 11.5. The Kier molecular flexibility index (Phi) is 7.53. The van der Waals surface area contributed by atoms with E-state index in [-0.39, 0.29) is 17.1 Å². The van der Waals surface area contributed by atoms with Gasteiger partial charge in [-0.25, -0.2) is 0 Å². The molecule has 5 nitrogen and oxygen atoms in total. The van der Waals surface area contributed by atoms with Gasteiger partial charge in [0, 0.05) is 17.5 Å². The maximum atomic E-state index is 12.2. The molecule has 138 valence electrons. The fourth-order valence-electron chi connectivity index (χ4n) is 2.27. The van der Waals surface area contributed by atoms with Crippen molar-refractivity contribution < 1.29 is 14.3 Å².